The highest BCUT2D eigenvalue weighted by Crippen LogP contribution is 2.23. The van der Waals surface area contributed by atoms with Gasteiger partial charge in [-0.15, -0.1) is 0 Å². The van der Waals surface area contributed by atoms with Crippen molar-refractivity contribution in [3.63, 3.8) is 0 Å². The van der Waals surface area contributed by atoms with Gasteiger partial charge in [-0.1, -0.05) is 30.6 Å². The first kappa shape index (κ1) is 13.8. The smallest absolute Gasteiger partial charge is 0.144 e. The average molecular weight is 259 g/mol. The molecule has 0 saturated heterocycles. The molecule has 0 aliphatic rings. The summed E-state index contributed by atoms with van der Waals surface area (Å²) in [5.74, 6) is 0.257. The number of nitrogens with zero attached hydrogens (tertiary/aromatic N) is 3. The average Bonchev–Trinajstić information content (AvgIpc) is 2.57. The van der Waals surface area contributed by atoms with Crippen molar-refractivity contribution in [2.45, 2.75) is 40.2 Å². The molecule has 0 spiro atoms. The van der Waals surface area contributed by atoms with Crippen molar-refractivity contribution in [1.82, 2.24) is 9.78 Å². The molecule has 0 fully saturated rings. The topological polar surface area (TPSA) is 76.4 Å². The molecule has 17 heavy (non-hydrogen) atoms. The second-order valence-electron chi connectivity index (χ2n) is 4.80. The summed E-state index contributed by atoms with van der Waals surface area (Å²) in [6.07, 6.45) is 3.52. The molecule has 0 amide bonds. The quantitative estimate of drug-likeness (QED) is 0.368. The SMILES string of the molecule is Cc1nn(CCCC(C)(C)C(N)=NO)cc1Cl. The Labute approximate surface area is 106 Å². The molecule has 0 unspecified atom stereocenters. The molecule has 0 aliphatic heterocycles. The molecule has 0 bridgehead atoms. The minimum Gasteiger partial charge on any atom is -0.409 e. The molecular formula is C11H19ClN4O. The molecule has 0 saturated carbocycles. The summed E-state index contributed by atoms with van der Waals surface area (Å²) in [6.45, 7) is 6.54. The van der Waals surface area contributed by atoms with Gasteiger partial charge >= 0.3 is 0 Å². The fraction of sp³-hybridized carbons (Fsp3) is 0.636. The first-order valence-corrected chi connectivity index (χ1v) is 5.92. The van der Waals surface area contributed by atoms with Gasteiger partial charge in [0.2, 0.25) is 0 Å². The van der Waals surface area contributed by atoms with Crippen molar-refractivity contribution < 1.29 is 5.21 Å². The number of nitrogens with two attached hydrogens (primary N) is 1. The van der Waals surface area contributed by atoms with Gasteiger partial charge in [0, 0.05) is 18.2 Å². The zero-order valence-electron chi connectivity index (χ0n) is 10.4. The molecule has 0 atom stereocenters. The predicted octanol–water partition coefficient (Wildman–Crippen LogP) is 2.40. The molecular weight excluding hydrogens is 240 g/mol. The Morgan fingerprint density at radius 1 is 1.65 bits per heavy atom. The minimum absolute atomic E-state index is 0.257. The summed E-state index contributed by atoms with van der Waals surface area (Å²) in [7, 11) is 0. The Hall–Kier alpha value is -1.23. The van der Waals surface area contributed by atoms with E-state index in [1.54, 1.807) is 0 Å². The summed E-state index contributed by atoms with van der Waals surface area (Å²) >= 11 is 5.92. The van der Waals surface area contributed by atoms with E-state index < -0.39 is 0 Å². The number of amidine groups is 1. The van der Waals surface area contributed by atoms with Crippen LogP contribution in [0.3, 0.4) is 0 Å². The van der Waals surface area contributed by atoms with Crippen LogP contribution in [0.2, 0.25) is 5.02 Å². The summed E-state index contributed by atoms with van der Waals surface area (Å²) in [6, 6.07) is 0. The van der Waals surface area contributed by atoms with Crippen LogP contribution in [0.4, 0.5) is 0 Å². The molecule has 96 valence electrons. The molecule has 1 aromatic heterocycles. The maximum Gasteiger partial charge on any atom is 0.144 e. The van der Waals surface area contributed by atoms with E-state index in [9.17, 15) is 0 Å². The lowest BCUT2D eigenvalue weighted by Gasteiger charge is -2.22. The van der Waals surface area contributed by atoms with E-state index in [1.165, 1.54) is 0 Å². The van der Waals surface area contributed by atoms with E-state index >= 15 is 0 Å². The molecule has 3 N–H and O–H groups in total. The highest BCUT2D eigenvalue weighted by molar-refractivity contribution is 6.31. The largest absolute Gasteiger partial charge is 0.409 e. The Kier molecular flexibility index (Phi) is 4.40. The number of rotatable bonds is 5. The van der Waals surface area contributed by atoms with Gasteiger partial charge in [0.25, 0.3) is 0 Å². The number of aryl methyl sites for hydroxylation is 2. The first-order chi connectivity index (χ1) is 7.86. The van der Waals surface area contributed by atoms with Crippen LogP contribution in [0.15, 0.2) is 11.4 Å². The van der Waals surface area contributed by atoms with Gasteiger partial charge in [-0.05, 0) is 19.8 Å². The van der Waals surface area contributed by atoms with Crippen molar-refractivity contribution in [3.05, 3.63) is 16.9 Å². The Bertz CT molecular complexity index is 392. The third-order valence-electron chi connectivity index (χ3n) is 2.88. The highest BCUT2D eigenvalue weighted by atomic mass is 35.5. The van der Waals surface area contributed by atoms with Crippen molar-refractivity contribution in [1.29, 1.82) is 0 Å². The van der Waals surface area contributed by atoms with Gasteiger partial charge < -0.3 is 10.9 Å². The molecule has 6 heteroatoms. The summed E-state index contributed by atoms with van der Waals surface area (Å²) in [5, 5.41) is 16.7. The maximum atomic E-state index is 8.65. The van der Waals surface area contributed by atoms with Crippen LogP contribution in [-0.2, 0) is 6.54 Å². The summed E-state index contributed by atoms with van der Waals surface area (Å²) < 4.78 is 1.82. The zero-order chi connectivity index (χ0) is 13.1. The fourth-order valence-electron chi connectivity index (χ4n) is 1.55. The first-order valence-electron chi connectivity index (χ1n) is 5.54. The molecule has 1 heterocycles. The second-order valence-corrected chi connectivity index (χ2v) is 5.21. The molecule has 5 nitrogen and oxygen atoms in total. The van der Waals surface area contributed by atoms with Gasteiger partial charge in [-0.2, -0.15) is 5.10 Å². The summed E-state index contributed by atoms with van der Waals surface area (Å²) in [5.41, 5.74) is 6.15. The number of hydrogen-bond acceptors (Lipinski definition) is 3. The van der Waals surface area contributed by atoms with Gasteiger partial charge in [-0.3, -0.25) is 4.68 Å². The lowest BCUT2D eigenvalue weighted by molar-refractivity contribution is 0.303. The van der Waals surface area contributed by atoms with Crippen molar-refractivity contribution in [2.24, 2.45) is 16.3 Å². The van der Waals surface area contributed by atoms with Gasteiger partial charge in [0.1, 0.15) is 5.84 Å². The standard InChI is InChI=1S/C11H19ClN4O/c1-8-9(12)7-16(14-8)6-4-5-11(2,3)10(13)15-17/h7,17H,4-6H2,1-3H3,(H2,13,15). The van der Waals surface area contributed by atoms with Gasteiger partial charge in [0.05, 0.1) is 10.7 Å². The van der Waals surface area contributed by atoms with Crippen LogP contribution in [0.1, 0.15) is 32.4 Å². The normalized spacial score (nSPS) is 13.1. The minimum atomic E-state index is -0.305. The Morgan fingerprint density at radius 3 is 2.76 bits per heavy atom. The number of aromatic nitrogens is 2. The van der Waals surface area contributed by atoms with Crippen LogP contribution >= 0.6 is 11.6 Å². The third kappa shape index (κ3) is 3.63. The fourth-order valence-corrected chi connectivity index (χ4v) is 1.70. The Morgan fingerprint density at radius 2 is 2.29 bits per heavy atom. The third-order valence-corrected chi connectivity index (χ3v) is 3.25. The van der Waals surface area contributed by atoms with E-state index in [2.05, 4.69) is 10.3 Å². The van der Waals surface area contributed by atoms with E-state index in [-0.39, 0.29) is 11.3 Å². The van der Waals surface area contributed by atoms with Crippen molar-refractivity contribution >= 4 is 17.4 Å². The van der Waals surface area contributed by atoms with E-state index in [0.717, 1.165) is 25.1 Å². The lowest BCUT2D eigenvalue weighted by atomic mass is 9.86. The summed E-state index contributed by atoms with van der Waals surface area (Å²) in [4.78, 5) is 0. The maximum absolute atomic E-state index is 8.65. The predicted molar refractivity (Wildman–Crippen MR) is 68.4 cm³/mol. The number of hydrogen-bond donors (Lipinski definition) is 2. The molecule has 0 radical (unpaired) electrons. The Balaban J connectivity index is 2.48. The lowest BCUT2D eigenvalue weighted by Crippen LogP contribution is -2.32. The zero-order valence-corrected chi connectivity index (χ0v) is 11.2. The van der Waals surface area contributed by atoms with E-state index in [4.69, 9.17) is 22.5 Å². The van der Waals surface area contributed by atoms with Crippen molar-refractivity contribution in [2.75, 3.05) is 0 Å². The van der Waals surface area contributed by atoms with Crippen LogP contribution < -0.4 is 5.73 Å². The van der Waals surface area contributed by atoms with E-state index in [0.29, 0.717) is 5.02 Å². The molecule has 1 rings (SSSR count). The van der Waals surface area contributed by atoms with Gasteiger partial charge in [0.15, 0.2) is 0 Å². The van der Waals surface area contributed by atoms with Gasteiger partial charge in [-0.25, -0.2) is 0 Å². The number of halogens is 1. The van der Waals surface area contributed by atoms with Crippen LogP contribution in [0, 0.1) is 12.3 Å². The molecule has 0 aromatic carbocycles. The van der Waals surface area contributed by atoms with Crippen LogP contribution in [0.25, 0.3) is 0 Å². The second kappa shape index (κ2) is 5.40. The van der Waals surface area contributed by atoms with Crippen molar-refractivity contribution in [3.8, 4) is 0 Å². The molecule has 1 aromatic rings. The van der Waals surface area contributed by atoms with E-state index in [1.807, 2.05) is 31.6 Å². The molecule has 0 aliphatic carbocycles. The van der Waals surface area contributed by atoms with Crippen LogP contribution in [0.5, 0.6) is 0 Å². The number of oxime groups is 1. The monoisotopic (exact) mass is 258 g/mol. The highest BCUT2D eigenvalue weighted by Gasteiger charge is 2.22. The van der Waals surface area contributed by atoms with Crippen LogP contribution in [-0.4, -0.2) is 20.8 Å².